The topological polar surface area (TPSA) is 80.2 Å². The highest BCUT2D eigenvalue weighted by Gasteiger charge is 2.26. The van der Waals surface area contributed by atoms with Crippen molar-refractivity contribution in [2.24, 2.45) is 5.10 Å². The van der Waals surface area contributed by atoms with Crippen molar-refractivity contribution < 1.29 is 19.1 Å². The van der Waals surface area contributed by atoms with E-state index in [4.69, 9.17) is 21.1 Å². The second kappa shape index (κ2) is 8.31. The molecule has 0 fully saturated rings. The van der Waals surface area contributed by atoms with Gasteiger partial charge in [0.25, 0.3) is 5.91 Å². The Balaban J connectivity index is 1.88. The summed E-state index contributed by atoms with van der Waals surface area (Å²) in [6, 6.07) is 10.5. The molecule has 2 amide bonds. The number of halogens is 1. The van der Waals surface area contributed by atoms with Gasteiger partial charge in [-0.1, -0.05) is 23.7 Å². The molecule has 1 aliphatic heterocycles. The Morgan fingerprint density at radius 3 is 2.57 bits per heavy atom. The van der Waals surface area contributed by atoms with Gasteiger partial charge in [0.2, 0.25) is 5.91 Å². The van der Waals surface area contributed by atoms with Crippen molar-refractivity contribution in [2.75, 3.05) is 24.5 Å². The van der Waals surface area contributed by atoms with Crippen molar-refractivity contribution in [3.05, 3.63) is 47.0 Å². The molecule has 0 radical (unpaired) electrons. The molecular weight excluding hydrogens is 382 g/mol. The lowest BCUT2D eigenvalue weighted by molar-refractivity contribution is -0.118. The van der Waals surface area contributed by atoms with E-state index in [9.17, 15) is 9.59 Å². The Kier molecular flexibility index (Phi) is 5.84. The van der Waals surface area contributed by atoms with E-state index in [1.165, 1.54) is 19.2 Å². The smallest absolute Gasteiger partial charge is 0.271 e. The number of hydrogen-bond acceptors (Lipinski definition) is 5. The number of nitrogens with zero attached hydrogens (tertiary/aromatic N) is 2. The predicted octanol–water partition coefficient (Wildman–Crippen LogP) is 3.79. The van der Waals surface area contributed by atoms with Gasteiger partial charge in [0.15, 0.2) is 0 Å². The lowest BCUT2D eigenvalue weighted by Crippen LogP contribution is -2.36. The summed E-state index contributed by atoms with van der Waals surface area (Å²) in [6.45, 7) is 1.93. The number of carbonyl (C=O) groups excluding carboxylic acids is 2. The van der Waals surface area contributed by atoms with Crippen LogP contribution in [0, 0.1) is 6.92 Å². The predicted molar refractivity (Wildman–Crippen MR) is 109 cm³/mol. The number of rotatable bonds is 5. The van der Waals surface area contributed by atoms with E-state index in [-0.39, 0.29) is 24.5 Å². The number of anilines is 2. The summed E-state index contributed by atoms with van der Waals surface area (Å²) in [5.41, 5.74) is 2.27. The summed E-state index contributed by atoms with van der Waals surface area (Å²) >= 11 is 6.10. The van der Waals surface area contributed by atoms with E-state index < -0.39 is 5.91 Å². The molecule has 146 valence electrons. The summed E-state index contributed by atoms with van der Waals surface area (Å²) in [4.78, 5) is 25.1. The first-order valence-electron chi connectivity index (χ1n) is 8.63. The average molecular weight is 402 g/mol. The fraction of sp³-hybridized carbons (Fsp3) is 0.250. The number of hydrogen-bond donors (Lipinski definition) is 1. The molecule has 0 aliphatic carbocycles. The maximum Gasteiger partial charge on any atom is 0.271 e. The molecule has 8 heteroatoms. The number of carbonyl (C=O) groups is 2. The summed E-state index contributed by atoms with van der Waals surface area (Å²) in [6.07, 6.45) is 0.446. The van der Waals surface area contributed by atoms with Gasteiger partial charge in [-0.15, -0.1) is 0 Å². The number of amides is 2. The zero-order valence-electron chi connectivity index (χ0n) is 15.8. The highest BCUT2D eigenvalue weighted by molar-refractivity contribution is 6.44. The number of ether oxygens (including phenoxy) is 2. The van der Waals surface area contributed by atoms with Crippen LogP contribution >= 0.6 is 11.6 Å². The Morgan fingerprint density at radius 2 is 1.89 bits per heavy atom. The highest BCUT2D eigenvalue weighted by Crippen LogP contribution is 2.36. The van der Waals surface area contributed by atoms with Gasteiger partial charge in [-0.2, -0.15) is 5.10 Å². The second-order valence-electron chi connectivity index (χ2n) is 6.23. The van der Waals surface area contributed by atoms with Gasteiger partial charge in [-0.3, -0.25) is 9.59 Å². The Hall–Kier alpha value is -3.06. The van der Waals surface area contributed by atoms with Gasteiger partial charge >= 0.3 is 0 Å². The molecule has 2 aromatic rings. The molecule has 0 spiro atoms. The summed E-state index contributed by atoms with van der Waals surface area (Å²) in [5, 5.41) is 8.67. The third-order valence-electron chi connectivity index (χ3n) is 4.26. The fourth-order valence-electron chi connectivity index (χ4n) is 2.83. The highest BCUT2D eigenvalue weighted by atomic mass is 35.5. The Labute approximate surface area is 167 Å². The molecule has 0 saturated heterocycles. The molecule has 7 nitrogen and oxygen atoms in total. The van der Waals surface area contributed by atoms with Crippen LogP contribution < -0.4 is 19.8 Å². The molecule has 2 aromatic carbocycles. The molecule has 1 aliphatic rings. The van der Waals surface area contributed by atoms with E-state index in [1.807, 2.05) is 25.1 Å². The SMILES string of the molecule is COc1cc(NC(=O)C2=NN(c3cccc(C)c3)C(=O)CC2)c(OC)cc1Cl. The van der Waals surface area contributed by atoms with Gasteiger partial charge in [-0.05, 0) is 24.6 Å². The molecule has 1 heterocycles. The molecule has 1 N–H and O–H groups in total. The second-order valence-corrected chi connectivity index (χ2v) is 6.64. The zero-order chi connectivity index (χ0) is 20.3. The maximum absolute atomic E-state index is 12.8. The average Bonchev–Trinajstić information content (AvgIpc) is 2.69. The lowest BCUT2D eigenvalue weighted by Gasteiger charge is -2.23. The van der Waals surface area contributed by atoms with Crippen LogP contribution in [0.5, 0.6) is 11.5 Å². The molecule has 0 aromatic heterocycles. The zero-order valence-corrected chi connectivity index (χ0v) is 16.5. The number of benzene rings is 2. The number of aryl methyl sites for hydroxylation is 1. The van der Waals surface area contributed by atoms with Gasteiger partial charge in [0, 0.05) is 25.0 Å². The largest absolute Gasteiger partial charge is 0.495 e. The van der Waals surface area contributed by atoms with E-state index >= 15 is 0 Å². The van der Waals surface area contributed by atoms with Crippen LogP contribution in [0.25, 0.3) is 0 Å². The van der Waals surface area contributed by atoms with Crippen molar-refractivity contribution >= 4 is 40.5 Å². The number of hydrazone groups is 1. The van der Waals surface area contributed by atoms with E-state index in [2.05, 4.69) is 10.4 Å². The van der Waals surface area contributed by atoms with E-state index in [0.29, 0.717) is 27.9 Å². The summed E-state index contributed by atoms with van der Waals surface area (Å²) in [5.74, 6) is 0.211. The minimum atomic E-state index is -0.423. The Morgan fingerprint density at radius 1 is 1.14 bits per heavy atom. The minimum Gasteiger partial charge on any atom is -0.495 e. The number of methoxy groups -OCH3 is 2. The van der Waals surface area contributed by atoms with Crippen molar-refractivity contribution in [3.63, 3.8) is 0 Å². The van der Waals surface area contributed by atoms with Crippen molar-refractivity contribution in [1.82, 2.24) is 0 Å². The quantitative estimate of drug-likeness (QED) is 0.826. The maximum atomic E-state index is 12.8. The van der Waals surface area contributed by atoms with Crippen LogP contribution in [0.4, 0.5) is 11.4 Å². The van der Waals surface area contributed by atoms with Gasteiger partial charge in [0.05, 0.1) is 30.6 Å². The molecule has 0 bridgehead atoms. The van der Waals surface area contributed by atoms with Crippen LogP contribution in [-0.4, -0.2) is 31.7 Å². The number of nitrogens with one attached hydrogen (secondary N) is 1. The fourth-order valence-corrected chi connectivity index (χ4v) is 3.06. The third-order valence-corrected chi connectivity index (χ3v) is 4.56. The van der Waals surface area contributed by atoms with Gasteiger partial charge in [0.1, 0.15) is 17.2 Å². The molecule has 3 rings (SSSR count). The van der Waals surface area contributed by atoms with Gasteiger partial charge < -0.3 is 14.8 Å². The van der Waals surface area contributed by atoms with Crippen LogP contribution in [0.1, 0.15) is 18.4 Å². The van der Waals surface area contributed by atoms with E-state index in [1.54, 1.807) is 18.2 Å². The first-order valence-corrected chi connectivity index (χ1v) is 9.00. The van der Waals surface area contributed by atoms with Gasteiger partial charge in [-0.25, -0.2) is 5.01 Å². The molecule has 28 heavy (non-hydrogen) atoms. The third kappa shape index (κ3) is 4.09. The minimum absolute atomic E-state index is 0.159. The normalized spacial score (nSPS) is 13.8. The first-order chi connectivity index (χ1) is 13.4. The van der Waals surface area contributed by atoms with Crippen molar-refractivity contribution in [3.8, 4) is 11.5 Å². The van der Waals surface area contributed by atoms with Crippen molar-refractivity contribution in [1.29, 1.82) is 0 Å². The lowest BCUT2D eigenvalue weighted by atomic mass is 10.1. The molecule has 0 atom stereocenters. The summed E-state index contributed by atoms with van der Waals surface area (Å²) < 4.78 is 10.5. The van der Waals surface area contributed by atoms with Crippen LogP contribution in [0.2, 0.25) is 5.02 Å². The van der Waals surface area contributed by atoms with Crippen molar-refractivity contribution in [2.45, 2.75) is 19.8 Å². The van der Waals surface area contributed by atoms with Crippen LogP contribution in [-0.2, 0) is 9.59 Å². The molecule has 0 saturated carbocycles. The standard InChI is InChI=1S/C20H20ClN3O4/c1-12-5-4-6-13(9-12)24-19(25)8-7-15(23-24)20(26)22-16-11-17(27-2)14(21)10-18(16)28-3/h4-6,9-11H,7-8H2,1-3H3,(H,22,26). The Bertz CT molecular complexity index is 958. The van der Waals surface area contributed by atoms with Crippen LogP contribution in [0.15, 0.2) is 41.5 Å². The molecular formula is C20H20ClN3O4. The van der Waals surface area contributed by atoms with Crippen LogP contribution in [0.3, 0.4) is 0 Å². The van der Waals surface area contributed by atoms with E-state index in [0.717, 1.165) is 5.56 Å². The molecule has 0 unspecified atom stereocenters. The first kappa shape index (κ1) is 19.7. The monoisotopic (exact) mass is 401 g/mol. The summed E-state index contributed by atoms with van der Waals surface area (Å²) in [7, 11) is 2.96.